The Morgan fingerprint density at radius 3 is 1.59 bits per heavy atom. The molecule has 0 atom stereocenters. The van der Waals surface area contributed by atoms with E-state index in [4.69, 9.17) is 40.4 Å². The van der Waals surface area contributed by atoms with Crippen LogP contribution in [0.5, 0.6) is 28.9 Å². The van der Waals surface area contributed by atoms with Crippen molar-refractivity contribution < 1.29 is 69.4 Å². The van der Waals surface area contributed by atoms with Crippen molar-refractivity contribution in [1.29, 1.82) is 0 Å². The number of anilines is 4. The average molecular weight is 1040 g/mol. The van der Waals surface area contributed by atoms with Crippen LogP contribution < -0.4 is 74.5 Å². The van der Waals surface area contributed by atoms with Crippen LogP contribution in [-0.4, -0.2) is 79.4 Å². The summed E-state index contributed by atoms with van der Waals surface area (Å²) in [4.78, 5) is 40.2. The first-order valence-electron chi connectivity index (χ1n) is 18.8. The SMILES string of the molecule is CNC(=O)c1ccccc1CO.CNC(=O)c1ccccc1COc1nc(Nc2cc(C)c(OC)c(OC)c2)ncc1Br.COc1cc(Nc2ncc(Br)c(Cl)n2)cc(C)c1OC.[H-].[Na+]. The molecule has 4 aromatic carbocycles. The number of nitrogens with one attached hydrogen (secondary N) is 4. The predicted octanol–water partition coefficient (Wildman–Crippen LogP) is 5.86. The number of halogens is 3. The van der Waals surface area contributed by atoms with Crippen molar-refractivity contribution in [2.45, 2.75) is 27.1 Å². The number of aliphatic hydroxyl groups is 1. The van der Waals surface area contributed by atoms with E-state index in [1.54, 1.807) is 91.3 Å². The monoisotopic (exact) mass is 1030 g/mol. The quantitative estimate of drug-likeness (QED) is 0.0642. The molecule has 0 aliphatic heterocycles. The number of aromatic nitrogens is 4. The van der Waals surface area contributed by atoms with Gasteiger partial charge in [-0.25, -0.2) is 9.97 Å². The first-order chi connectivity index (χ1) is 30.3. The maximum absolute atomic E-state index is 12.1. The number of carbonyl (C=O) groups is 2. The summed E-state index contributed by atoms with van der Waals surface area (Å²) < 4.78 is 28.5. The Labute approximate surface area is 417 Å². The first-order valence-corrected chi connectivity index (χ1v) is 20.8. The van der Waals surface area contributed by atoms with Gasteiger partial charge in [0.05, 0.1) is 50.2 Å². The second-order valence-corrected chi connectivity index (χ2v) is 15.0. The molecule has 20 heteroatoms. The fourth-order valence-corrected chi connectivity index (χ4v) is 6.42. The van der Waals surface area contributed by atoms with Gasteiger partial charge in [-0.2, -0.15) is 9.97 Å². The van der Waals surface area contributed by atoms with Crippen LogP contribution in [-0.2, 0) is 13.2 Å². The molecule has 0 radical (unpaired) electrons. The van der Waals surface area contributed by atoms with Crippen molar-refractivity contribution in [3.63, 3.8) is 0 Å². The number of methoxy groups -OCH3 is 4. The molecule has 5 N–H and O–H groups in total. The van der Waals surface area contributed by atoms with E-state index in [-0.39, 0.29) is 56.0 Å². The molecule has 0 saturated carbocycles. The van der Waals surface area contributed by atoms with Gasteiger partial charge >= 0.3 is 29.6 Å². The van der Waals surface area contributed by atoms with E-state index in [0.29, 0.717) is 71.6 Å². The summed E-state index contributed by atoms with van der Waals surface area (Å²) in [5, 5.41) is 20.6. The molecule has 0 unspecified atom stereocenters. The second-order valence-electron chi connectivity index (χ2n) is 12.9. The van der Waals surface area contributed by atoms with Gasteiger partial charge in [0, 0.05) is 60.5 Å². The molecule has 0 aliphatic carbocycles. The Morgan fingerprint density at radius 2 is 1.14 bits per heavy atom. The van der Waals surface area contributed by atoms with Crippen molar-refractivity contribution in [2.24, 2.45) is 0 Å². The maximum Gasteiger partial charge on any atom is 1.00 e. The summed E-state index contributed by atoms with van der Waals surface area (Å²) in [5.74, 6) is 3.38. The van der Waals surface area contributed by atoms with Crippen molar-refractivity contribution in [3.05, 3.63) is 133 Å². The van der Waals surface area contributed by atoms with Gasteiger partial charge in [-0.3, -0.25) is 9.59 Å². The number of aryl methyl sites for hydroxylation is 2. The molecule has 0 saturated heterocycles. The van der Waals surface area contributed by atoms with Gasteiger partial charge in [0.1, 0.15) is 11.8 Å². The summed E-state index contributed by atoms with van der Waals surface area (Å²) in [7, 11) is 9.54. The summed E-state index contributed by atoms with van der Waals surface area (Å²) in [6.45, 7) is 3.92. The predicted molar refractivity (Wildman–Crippen MR) is 251 cm³/mol. The molecule has 16 nitrogen and oxygen atoms in total. The Kier molecular flexibility index (Phi) is 22.0. The molecule has 2 amide bonds. The number of nitrogens with zero attached hydrogens (tertiary/aromatic N) is 4. The van der Waals surface area contributed by atoms with Gasteiger partial charge in [0.25, 0.3) is 11.8 Å². The van der Waals surface area contributed by atoms with Crippen molar-refractivity contribution in [2.75, 3.05) is 53.2 Å². The maximum atomic E-state index is 12.1. The van der Waals surface area contributed by atoms with Crippen LogP contribution in [0.15, 0.2) is 94.1 Å². The Balaban J connectivity index is 0.000000366. The zero-order chi connectivity index (χ0) is 46.1. The topological polar surface area (TPSA) is 200 Å². The molecular formula is C44H48Br2ClN8NaO8. The third-order valence-electron chi connectivity index (χ3n) is 8.77. The van der Waals surface area contributed by atoms with E-state index in [9.17, 15) is 9.59 Å². The largest absolute Gasteiger partial charge is 1.00 e. The molecule has 0 bridgehead atoms. The Hall–Kier alpha value is -5.21. The van der Waals surface area contributed by atoms with Gasteiger partial charge in [0.15, 0.2) is 23.0 Å². The van der Waals surface area contributed by atoms with Crippen LogP contribution in [0, 0.1) is 13.8 Å². The van der Waals surface area contributed by atoms with Gasteiger partial charge in [-0.05, 0) is 86.7 Å². The summed E-state index contributed by atoms with van der Waals surface area (Å²) >= 11 is 12.6. The Morgan fingerprint density at radius 1 is 0.688 bits per heavy atom. The zero-order valence-corrected chi connectivity index (χ0v) is 42.7. The molecule has 334 valence electrons. The molecule has 0 aliphatic rings. The summed E-state index contributed by atoms with van der Waals surface area (Å²) in [6, 6.07) is 21.7. The van der Waals surface area contributed by atoms with Crippen molar-refractivity contribution in [3.8, 4) is 28.9 Å². The number of amides is 2. The van der Waals surface area contributed by atoms with Crippen molar-refractivity contribution in [1.82, 2.24) is 30.6 Å². The molecule has 0 spiro atoms. The summed E-state index contributed by atoms with van der Waals surface area (Å²) in [6.07, 6.45) is 3.19. The Bertz CT molecular complexity index is 2530. The number of benzene rings is 4. The van der Waals surface area contributed by atoms with E-state index in [2.05, 4.69) is 73.1 Å². The molecular weight excluding hydrogens is 987 g/mol. The van der Waals surface area contributed by atoms with Gasteiger partial charge in [0.2, 0.25) is 17.8 Å². The third kappa shape index (κ3) is 14.7. The number of hydrogen-bond donors (Lipinski definition) is 5. The molecule has 2 aromatic heterocycles. The fourth-order valence-electron chi connectivity index (χ4n) is 5.79. The number of hydrogen-bond acceptors (Lipinski definition) is 14. The second kappa shape index (κ2) is 26.5. The van der Waals surface area contributed by atoms with Crippen LogP contribution in [0.2, 0.25) is 5.15 Å². The molecule has 64 heavy (non-hydrogen) atoms. The fraction of sp³-hybridized carbons (Fsp3) is 0.227. The molecule has 2 heterocycles. The van der Waals surface area contributed by atoms with Crippen LogP contribution >= 0.6 is 43.5 Å². The average Bonchev–Trinajstić information content (AvgIpc) is 3.29. The van der Waals surface area contributed by atoms with Gasteiger partial charge < -0.3 is 51.5 Å². The minimum Gasteiger partial charge on any atom is -1.00 e. The van der Waals surface area contributed by atoms with E-state index in [1.165, 1.54) is 0 Å². The third-order valence-corrected chi connectivity index (χ3v) is 10.4. The van der Waals surface area contributed by atoms with Gasteiger partial charge in [-0.1, -0.05) is 48.0 Å². The van der Waals surface area contributed by atoms with Crippen LogP contribution in [0.25, 0.3) is 0 Å². The number of carbonyl (C=O) groups excluding carboxylic acids is 2. The van der Waals surface area contributed by atoms with Crippen molar-refractivity contribution >= 4 is 78.5 Å². The van der Waals surface area contributed by atoms with Crippen LogP contribution in [0.3, 0.4) is 0 Å². The van der Waals surface area contributed by atoms with Crippen LogP contribution in [0.1, 0.15) is 44.4 Å². The van der Waals surface area contributed by atoms with E-state index >= 15 is 0 Å². The number of rotatable bonds is 14. The first kappa shape index (κ1) is 53.1. The van der Waals surface area contributed by atoms with E-state index in [1.807, 2.05) is 50.2 Å². The van der Waals surface area contributed by atoms with Gasteiger partial charge in [-0.15, -0.1) is 0 Å². The van der Waals surface area contributed by atoms with E-state index in [0.717, 1.165) is 28.1 Å². The minimum atomic E-state index is -0.174. The van der Waals surface area contributed by atoms with E-state index < -0.39 is 0 Å². The van der Waals surface area contributed by atoms with Crippen LogP contribution in [0.4, 0.5) is 23.3 Å². The number of aliphatic hydroxyl groups excluding tert-OH is 1. The zero-order valence-electron chi connectivity index (χ0n) is 37.7. The molecule has 0 fully saturated rings. The molecule has 6 rings (SSSR count). The summed E-state index contributed by atoms with van der Waals surface area (Å²) in [5.41, 5.74) is 5.86. The number of ether oxygens (including phenoxy) is 5. The standard InChI is InChI=1S/C22H23BrN4O4.C13H13BrClN3O2.C9H11NO2.Na.H/c1-13-9-15(10-18(29-3)19(13)30-4)26-22-25-11-17(23)21(27-22)31-12-14-7-5-6-8-16(14)20(28)24-2;1-7-4-8(5-10(19-2)11(7)20-3)17-13-16-6-9(14)12(15)18-13;1-10-9(12)8-5-3-2-4-7(8)6-11;;/h5-11H,12H2,1-4H3,(H,24,28)(H,25,26,27);4-6H,1-3H3,(H,16,17,18);2-5,11H,6H2,1H3,(H,10,12);;/q;;;+1;-1. The minimum absolute atomic E-state index is 0. The molecule has 6 aromatic rings. The smallest absolute Gasteiger partial charge is 1.00 e. The normalized spacial score (nSPS) is 10.0.